The smallest absolute Gasteiger partial charge is 0.242 e. The summed E-state index contributed by atoms with van der Waals surface area (Å²) in [7, 11) is -2.48. The highest BCUT2D eigenvalue weighted by Crippen LogP contribution is 2.20. The fourth-order valence-corrected chi connectivity index (χ4v) is 3.67. The van der Waals surface area contributed by atoms with Gasteiger partial charge in [0.15, 0.2) is 23.2 Å². The quantitative estimate of drug-likeness (QED) is 0.516. The number of carbonyl (C=O) groups excluding carboxylic acids is 2. The number of ketones is 1. The van der Waals surface area contributed by atoms with Crippen LogP contribution in [0.25, 0.3) is 0 Å². The maximum atomic E-state index is 13.6. The molecule has 0 atom stereocenters. The first-order valence-corrected chi connectivity index (χ1v) is 9.98. The van der Waals surface area contributed by atoms with Crippen LogP contribution in [-0.4, -0.2) is 38.0 Å². The minimum atomic E-state index is -3.82. The van der Waals surface area contributed by atoms with E-state index < -0.39 is 39.1 Å². The van der Waals surface area contributed by atoms with E-state index >= 15 is 0 Å². The summed E-state index contributed by atoms with van der Waals surface area (Å²) in [5.74, 6) is -5.43. The predicted octanol–water partition coefficient (Wildman–Crippen LogP) is 3.35. The largest absolute Gasteiger partial charge is 0.324 e. The van der Waals surface area contributed by atoms with Crippen LogP contribution in [0.1, 0.15) is 30.1 Å². The Balaban J connectivity index is 1.93. The molecule has 2 aromatic rings. The van der Waals surface area contributed by atoms with Gasteiger partial charge in [-0.25, -0.2) is 25.9 Å². The molecule has 0 unspecified atom stereocenters. The zero-order valence-electron chi connectivity index (χ0n) is 15.7. The molecule has 0 saturated heterocycles. The van der Waals surface area contributed by atoms with Gasteiger partial charge < -0.3 is 5.32 Å². The molecule has 2 rings (SSSR count). The molecular weight excluding hydrogens is 409 g/mol. The number of sulfonamides is 1. The van der Waals surface area contributed by atoms with Crippen molar-refractivity contribution in [3.63, 3.8) is 0 Å². The molecule has 10 heteroatoms. The Kier molecular flexibility index (Phi) is 7.15. The van der Waals surface area contributed by atoms with Gasteiger partial charge in [0.1, 0.15) is 0 Å². The number of Topliss-reactive ketones (excluding diaryl/α,β-unsaturated/α-hetero) is 1. The summed E-state index contributed by atoms with van der Waals surface area (Å²) >= 11 is 0. The zero-order valence-corrected chi connectivity index (χ0v) is 16.5. The lowest BCUT2D eigenvalue weighted by Gasteiger charge is -2.17. The monoisotopic (exact) mass is 428 g/mol. The molecule has 156 valence electrons. The number of nitrogens with one attached hydrogen (secondary N) is 1. The second-order valence-electron chi connectivity index (χ2n) is 6.28. The van der Waals surface area contributed by atoms with Crippen LogP contribution in [0.5, 0.6) is 0 Å². The Morgan fingerprint density at radius 1 is 1.00 bits per heavy atom. The summed E-state index contributed by atoms with van der Waals surface area (Å²) in [6.07, 6.45) is -0.0556. The van der Waals surface area contributed by atoms with Gasteiger partial charge in [-0.1, -0.05) is 12.1 Å². The molecule has 0 heterocycles. The lowest BCUT2D eigenvalue weighted by molar-refractivity contribution is -0.116. The van der Waals surface area contributed by atoms with E-state index in [-0.39, 0.29) is 30.1 Å². The van der Waals surface area contributed by atoms with Gasteiger partial charge in [0, 0.05) is 25.6 Å². The van der Waals surface area contributed by atoms with Crippen LogP contribution in [0.3, 0.4) is 0 Å². The first-order valence-electron chi connectivity index (χ1n) is 8.54. The highest BCUT2D eigenvalue weighted by molar-refractivity contribution is 7.89. The SMILES string of the molecule is CC(=O)c1ccc(S(=O)(=O)N(C)CCCC(=O)Nc2ccc(F)c(F)c2F)cc1. The molecule has 0 spiro atoms. The molecule has 0 bridgehead atoms. The van der Waals surface area contributed by atoms with Crippen LogP contribution >= 0.6 is 0 Å². The molecule has 0 aliphatic carbocycles. The third-order valence-electron chi connectivity index (χ3n) is 4.16. The van der Waals surface area contributed by atoms with E-state index in [9.17, 15) is 31.2 Å². The Bertz CT molecular complexity index is 1020. The van der Waals surface area contributed by atoms with Crippen molar-refractivity contribution in [1.82, 2.24) is 4.31 Å². The van der Waals surface area contributed by atoms with Crippen molar-refractivity contribution < 1.29 is 31.2 Å². The van der Waals surface area contributed by atoms with E-state index in [1.807, 2.05) is 0 Å². The Labute approximate surface area is 166 Å². The minimum absolute atomic E-state index is 0.00156. The van der Waals surface area contributed by atoms with Gasteiger partial charge in [0.05, 0.1) is 10.6 Å². The minimum Gasteiger partial charge on any atom is -0.324 e. The van der Waals surface area contributed by atoms with Gasteiger partial charge in [-0.3, -0.25) is 9.59 Å². The number of amides is 1. The number of hydrogen-bond acceptors (Lipinski definition) is 4. The molecule has 2 aromatic carbocycles. The van der Waals surface area contributed by atoms with Crippen LogP contribution in [0.15, 0.2) is 41.3 Å². The van der Waals surface area contributed by atoms with E-state index in [0.717, 1.165) is 10.4 Å². The van der Waals surface area contributed by atoms with Gasteiger partial charge in [-0.05, 0) is 37.6 Å². The summed E-state index contributed by atoms with van der Waals surface area (Å²) in [5, 5.41) is 2.12. The molecule has 0 aliphatic rings. The molecule has 0 fully saturated rings. The summed E-state index contributed by atoms with van der Waals surface area (Å²) in [4.78, 5) is 23.1. The molecule has 0 radical (unpaired) electrons. The number of carbonyl (C=O) groups is 2. The first kappa shape index (κ1) is 22.6. The number of rotatable bonds is 8. The van der Waals surface area contributed by atoms with E-state index in [4.69, 9.17) is 0 Å². The van der Waals surface area contributed by atoms with Gasteiger partial charge in [0.25, 0.3) is 0 Å². The fraction of sp³-hybridized carbons (Fsp3) is 0.263. The maximum Gasteiger partial charge on any atom is 0.242 e. The third-order valence-corrected chi connectivity index (χ3v) is 6.03. The average Bonchev–Trinajstić information content (AvgIpc) is 2.68. The molecule has 0 aliphatic heterocycles. The van der Waals surface area contributed by atoms with Crippen molar-refractivity contribution >= 4 is 27.4 Å². The molecule has 29 heavy (non-hydrogen) atoms. The highest BCUT2D eigenvalue weighted by atomic mass is 32.2. The number of anilines is 1. The zero-order chi connectivity index (χ0) is 21.8. The predicted molar refractivity (Wildman–Crippen MR) is 100 cm³/mol. The Morgan fingerprint density at radius 2 is 1.62 bits per heavy atom. The van der Waals surface area contributed by atoms with E-state index in [0.29, 0.717) is 11.6 Å². The van der Waals surface area contributed by atoms with Crippen molar-refractivity contribution in [3.05, 3.63) is 59.4 Å². The van der Waals surface area contributed by atoms with E-state index in [2.05, 4.69) is 5.32 Å². The van der Waals surface area contributed by atoms with E-state index in [1.54, 1.807) is 0 Å². The Morgan fingerprint density at radius 3 is 2.21 bits per heavy atom. The number of hydrogen-bond donors (Lipinski definition) is 1. The third kappa shape index (κ3) is 5.42. The summed E-state index contributed by atoms with van der Waals surface area (Å²) in [5.41, 5.74) is -0.117. The normalized spacial score (nSPS) is 11.5. The van der Waals surface area contributed by atoms with Crippen molar-refractivity contribution in [1.29, 1.82) is 0 Å². The number of nitrogens with zero attached hydrogens (tertiary/aromatic N) is 1. The second kappa shape index (κ2) is 9.19. The average molecular weight is 428 g/mol. The standard InChI is InChI=1S/C19H19F3N2O4S/c1-12(25)13-5-7-14(8-6-13)29(27,28)24(2)11-3-4-17(26)23-16-10-9-15(20)18(21)19(16)22/h5-10H,3-4,11H2,1-2H3,(H,23,26). The van der Waals surface area contributed by atoms with Crippen molar-refractivity contribution in [2.45, 2.75) is 24.7 Å². The molecule has 1 amide bonds. The van der Waals surface area contributed by atoms with Gasteiger partial charge in [-0.2, -0.15) is 0 Å². The second-order valence-corrected chi connectivity index (χ2v) is 8.33. The lowest BCUT2D eigenvalue weighted by Crippen LogP contribution is -2.28. The number of benzene rings is 2. The topological polar surface area (TPSA) is 83.6 Å². The maximum absolute atomic E-state index is 13.6. The van der Waals surface area contributed by atoms with Crippen molar-refractivity contribution in [2.24, 2.45) is 0 Å². The Hall–Kier alpha value is -2.72. The van der Waals surface area contributed by atoms with Crippen LogP contribution in [-0.2, 0) is 14.8 Å². The van der Waals surface area contributed by atoms with Crippen LogP contribution in [0.4, 0.5) is 18.9 Å². The molecular formula is C19H19F3N2O4S. The highest BCUT2D eigenvalue weighted by Gasteiger charge is 2.21. The lowest BCUT2D eigenvalue weighted by atomic mass is 10.2. The summed E-state index contributed by atoms with van der Waals surface area (Å²) in [6.45, 7) is 1.36. The van der Waals surface area contributed by atoms with Gasteiger partial charge in [-0.15, -0.1) is 0 Å². The molecule has 1 N–H and O–H groups in total. The summed E-state index contributed by atoms with van der Waals surface area (Å²) < 4.78 is 65.7. The molecule has 6 nitrogen and oxygen atoms in total. The van der Waals surface area contributed by atoms with E-state index in [1.165, 1.54) is 38.2 Å². The van der Waals surface area contributed by atoms with Crippen LogP contribution < -0.4 is 5.32 Å². The first-order chi connectivity index (χ1) is 13.5. The number of halogens is 3. The summed E-state index contributed by atoms with van der Waals surface area (Å²) in [6, 6.07) is 7.04. The fourth-order valence-electron chi connectivity index (χ4n) is 2.46. The van der Waals surface area contributed by atoms with Crippen LogP contribution in [0.2, 0.25) is 0 Å². The van der Waals surface area contributed by atoms with Crippen LogP contribution in [0, 0.1) is 17.5 Å². The van der Waals surface area contributed by atoms with Crippen molar-refractivity contribution in [2.75, 3.05) is 18.9 Å². The molecule has 0 aromatic heterocycles. The molecule has 0 saturated carbocycles. The van der Waals surface area contributed by atoms with Gasteiger partial charge >= 0.3 is 0 Å². The van der Waals surface area contributed by atoms with Crippen molar-refractivity contribution in [3.8, 4) is 0 Å². The van der Waals surface area contributed by atoms with Gasteiger partial charge in [0.2, 0.25) is 15.9 Å².